The number of ether oxygens (including phenoxy) is 1. The molecule has 0 fully saturated rings. The average Bonchev–Trinajstić information content (AvgIpc) is 3.23. The second-order valence-electron chi connectivity index (χ2n) is 7.16. The quantitative estimate of drug-likeness (QED) is 0.367. The van der Waals surface area contributed by atoms with E-state index >= 15 is 0 Å². The highest BCUT2D eigenvalue weighted by atomic mass is 32.2. The molecular weight excluding hydrogens is 411 g/mol. The molecule has 1 atom stereocenters. The Morgan fingerprint density at radius 2 is 1.81 bits per heavy atom. The summed E-state index contributed by atoms with van der Waals surface area (Å²) < 4.78 is 18.3. The first-order valence-electron chi connectivity index (χ1n) is 9.99. The van der Waals surface area contributed by atoms with Crippen LogP contribution in [0.4, 0.5) is 4.39 Å². The van der Waals surface area contributed by atoms with E-state index in [1.165, 1.54) is 23.9 Å². The topological polar surface area (TPSA) is 54.1 Å². The maximum Gasteiger partial charge on any atom is 0.230 e. The molecule has 0 spiro atoms. The molecule has 0 saturated carbocycles. The monoisotopic (exact) mass is 434 g/mol. The molecule has 0 saturated heterocycles. The van der Waals surface area contributed by atoms with E-state index in [4.69, 9.17) is 4.74 Å². The molecule has 0 radical (unpaired) electrons. The van der Waals surface area contributed by atoms with Crippen LogP contribution in [0, 0.1) is 5.82 Å². The fourth-order valence-corrected chi connectivity index (χ4v) is 4.30. The molecule has 2 N–H and O–H groups in total. The van der Waals surface area contributed by atoms with E-state index in [1.807, 2.05) is 48.7 Å². The van der Waals surface area contributed by atoms with Crippen LogP contribution < -0.4 is 10.1 Å². The number of methoxy groups -OCH3 is 1. The Balaban J connectivity index is 1.50. The second-order valence-corrected chi connectivity index (χ2v) is 8.21. The van der Waals surface area contributed by atoms with Gasteiger partial charge in [0.25, 0.3) is 0 Å². The predicted octanol–water partition coefficient (Wildman–Crippen LogP) is 5.36. The smallest absolute Gasteiger partial charge is 0.230 e. The van der Waals surface area contributed by atoms with Gasteiger partial charge in [0, 0.05) is 34.5 Å². The Labute approximate surface area is 184 Å². The minimum absolute atomic E-state index is 0.0122. The number of thioether (sulfide) groups is 1. The number of rotatable bonds is 8. The van der Waals surface area contributed by atoms with E-state index < -0.39 is 0 Å². The Morgan fingerprint density at radius 3 is 2.55 bits per heavy atom. The van der Waals surface area contributed by atoms with Crippen LogP contribution in [0.15, 0.2) is 83.9 Å². The molecule has 6 heteroatoms. The summed E-state index contributed by atoms with van der Waals surface area (Å²) in [5.74, 6) is 0.708. The van der Waals surface area contributed by atoms with E-state index in [9.17, 15) is 9.18 Å². The number of nitrogens with one attached hydrogen (secondary N) is 2. The highest BCUT2D eigenvalue weighted by Crippen LogP contribution is 2.31. The molecule has 1 amide bonds. The molecule has 4 nitrogen and oxygen atoms in total. The van der Waals surface area contributed by atoms with Gasteiger partial charge in [-0.25, -0.2) is 4.39 Å². The van der Waals surface area contributed by atoms with Crippen molar-refractivity contribution in [3.05, 3.63) is 95.9 Å². The van der Waals surface area contributed by atoms with E-state index in [1.54, 1.807) is 19.2 Å². The van der Waals surface area contributed by atoms with Gasteiger partial charge in [-0.15, -0.1) is 11.8 Å². The fourth-order valence-electron chi connectivity index (χ4n) is 3.57. The molecule has 31 heavy (non-hydrogen) atoms. The second kappa shape index (κ2) is 9.71. The first kappa shape index (κ1) is 21.0. The third-order valence-electron chi connectivity index (χ3n) is 5.20. The molecule has 1 heterocycles. The molecule has 0 bridgehead atoms. The molecule has 4 rings (SSSR count). The normalized spacial score (nSPS) is 11.9. The summed E-state index contributed by atoms with van der Waals surface area (Å²) in [5, 5.41) is 4.20. The van der Waals surface area contributed by atoms with Gasteiger partial charge in [-0.05, 0) is 53.6 Å². The third-order valence-corrected chi connectivity index (χ3v) is 6.21. The molecule has 0 aliphatic rings. The maximum absolute atomic E-state index is 13.1. The number of benzene rings is 3. The molecule has 1 aromatic heterocycles. The van der Waals surface area contributed by atoms with Gasteiger partial charge >= 0.3 is 0 Å². The van der Waals surface area contributed by atoms with Crippen LogP contribution in [0.2, 0.25) is 0 Å². The summed E-state index contributed by atoms with van der Waals surface area (Å²) in [6, 6.07) is 22.2. The maximum atomic E-state index is 13.1. The number of carbonyl (C=O) groups is 1. The lowest BCUT2D eigenvalue weighted by atomic mass is 9.91. The van der Waals surface area contributed by atoms with Crippen molar-refractivity contribution in [2.24, 2.45) is 0 Å². The van der Waals surface area contributed by atoms with Crippen LogP contribution in [0.25, 0.3) is 10.9 Å². The highest BCUT2D eigenvalue weighted by Gasteiger charge is 2.19. The van der Waals surface area contributed by atoms with Gasteiger partial charge in [0.1, 0.15) is 11.6 Å². The molecule has 0 aliphatic carbocycles. The third kappa shape index (κ3) is 5.09. The molecule has 3 aromatic carbocycles. The van der Waals surface area contributed by atoms with Gasteiger partial charge in [-0.2, -0.15) is 0 Å². The van der Waals surface area contributed by atoms with Crippen molar-refractivity contribution in [1.29, 1.82) is 0 Å². The number of aromatic amines is 1. The van der Waals surface area contributed by atoms with Crippen LogP contribution in [-0.2, 0) is 4.79 Å². The van der Waals surface area contributed by atoms with Crippen molar-refractivity contribution >= 4 is 28.6 Å². The van der Waals surface area contributed by atoms with Crippen molar-refractivity contribution < 1.29 is 13.9 Å². The number of H-pyrrole nitrogens is 1. The molecule has 158 valence electrons. The Hall–Kier alpha value is -3.25. The number of amides is 1. The SMILES string of the molecule is COc1ccc(C(CNC(=O)CSc2ccc(F)cc2)c2c[nH]c3ccccc23)cc1. The molecular formula is C25H23FN2O2S. The first-order valence-corrected chi connectivity index (χ1v) is 11.0. The van der Waals surface area contributed by atoms with Crippen LogP contribution in [0.1, 0.15) is 17.0 Å². The Bertz CT molecular complexity index is 1160. The van der Waals surface area contributed by atoms with Crippen molar-refractivity contribution in [1.82, 2.24) is 10.3 Å². The van der Waals surface area contributed by atoms with Gasteiger partial charge in [0.2, 0.25) is 5.91 Å². The average molecular weight is 435 g/mol. The molecule has 0 aliphatic heterocycles. The number of hydrogen-bond acceptors (Lipinski definition) is 3. The van der Waals surface area contributed by atoms with Gasteiger partial charge < -0.3 is 15.0 Å². The zero-order chi connectivity index (χ0) is 21.6. The van der Waals surface area contributed by atoms with Gasteiger partial charge in [-0.1, -0.05) is 30.3 Å². The van der Waals surface area contributed by atoms with Crippen LogP contribution in [0.3, 0.4) is 0 Å². The number of fused-ring (bicyclic) bond motifs is 1. The number of carbonyl (C=O) groups excluding carboxylic acids is 1. The van der Waals surface area contributed by atoms with Crippen molar-refractivity contribution in [2.45, 2.75) is 10.8 Å². The summed E-state index contributed by atoms with van der Waals surface area (Å²) in [6.07, 6.45) is 2.01. The lowest BCUT2D eigenvalue weighted by molar-refractivity contribution is -0.118. The highest BCUT2D eigenvalue weighted by molar-refractivity contribution is 8.00. The van der Waals surface area contributed by atoms with Crippen molar-refractivity contribution in [2.75, 3.05) is 19.4 Å². The minimum Gasteiger partial charge on any atom is -0.497 e. The van der Waals surface area contributed by atoms with Gasteiger partial charge in [-0.3, -0.25) is 4.79 Å². The van der Waals surface area contributed by atoms with Gasteiger partial charge in [0.05, 0.1) is 12.9 Å². The van der Waals surface area contributed by atoms with Crippen LogP contribution in [0.5, 0.6) is 5.75 Å². The predicted molar refractivity (Wildman–Crippen MR) is 123 cm³/mol. The molecule has 1 unspecified atom stereocenters. The number of hydrogen-bond donors (Lipinski definition) is 2. The van der Waals surface area contributed by atoms with E-state index in [-0.39, 0.29) is 23.4 Å². The summed E-state index contributed by atoms with van der Waals surface area (Å²) in [5.41, 5.74) is 3.29. The minimum atomic E-state index is -0.283. The number of aromatic nitrogens is 1. The lowest BCUT2D eigenvalue weighted by Crippen LogP contribution is -2.30. The van der Waals surface area contributed by atoms with Gasteiger partial charge in [0.15, 0.2) is 0 Å². The summed E-state index contributed by atoms with van der Waals surface area (Å²) in [4.78, 5) is 16.7. The zero-order valence-electron chi connectivity index (χ0n) is 17.1. The number of para-hydroxylation sites is 1. The van der Waals surface area contributed by atoms with E-state index in [0.717, 1.165) is 32.7 Å². The summed E-state index contributed by atoms with van der Waals surface area (Å²) in [6.45, 7) is 0.469. The van der Waals surface area contributed by atoms with Crippen LogP contribution >= 0.6 is 11.8 Å². The first-order chi connectivity index (χ1) is 15.1. The van der Waals surface area contributed by atoms with Crippen molar-refractivity contribution in [3.63, 3.8) is 0 Å². The summed E-state index contributed by atoms with van der Waals surface area (Å²) >= 11 is 1.39. The standard InChI is InChI=1S/C25H23FN2O2S/c1-30-19-10-6-17(7-11-19)22(23-15-27-24-5-3-2-4-21(23)24)14-28-25(29)16-31-20-12-8-18(26)9-13-20/h2-13,15,22,27H,14,16H2,1H3,(H,28,29). The van der Waals surface area contributed by atoms with E-state index in [0.29, 0.717) is 6.54 Å². The lowest BCUT2D eigenvalue weighted by Gasteiger charge is -2.18. The Morgan fingerprint density at radius 1 is 1.06 bits per heavy atom. The van der Waals surface area contributed by atoms with Crippen molar-refractivity contribution in [3.8, 4) is 5.75 Å². The zero-order valence-corrected chi connectivity index (χ0v) is 17.9. The fraction of sp³-hybridized carbons (Fsp3) is 0.160. The summed E-state index contributed by atoms with van der Waals surface area (Å²) in [7, 11) is 1.64. The Kier molecular flexibility index (Phi) is 6.57. The largest absolute Gasteiger partial charge is 0.497 e. The number of halogens is 1. The van der Waals surface area contributed by atoms with E-state index in [2.05, 4.69) is 16.4 Å². The van der Waals surface area contributed by atoms with Crippen LogP contribution in [-0.4, -0.2) is 30.3 Å². The molecule has 4 aromatic rings.